The quantitative estimate of drug-likeness (QED) is 0.212. The molecule has 8 unspecified atom stereocenters. The van der Waals surface area contributed by atoms with Crippen molar-refractivity contribution in [2.45, 2.75) is 139 Å². The van der Waals surface area contributed by atoms with E-state index in [1.807, 2.05) is 20.2 Å². The van der Waals surface area contributed by atoms with Crippen molar-refractivity contribution in [2.24, 2.45) is 56.7 Å². The smallest absolute Gasteiger partial charge is 0.309 e. The van der Waals surface area contributed by atoms with Gasteiger partial charge in [-0.3, -0.25) is 24.1 Å². The van der Waals surface area contributed by atoms with E-state index in [9.17, 15) is 24.3 Å². The van der Waals surface area contributed by atoms with E-state index in [2.05, 4.69) is 70.7 Å². The fraction of sp³-hybridized carbons (Fsp3) is 0.745. The first kappa shape index (κ1) is 41.6. The Bertz CT molecular complexity index is 1680. The number of rotatable bonds is 12. The Hall–Kier alpha value is -3.00. The number of hydrogen-bond donors (Lipinski definition) is 1. The number of benzene rings is 1. The number of esters is 1. The number of carbonyl (C=O) groups excluding carboxylic acids is 3. The van der Waals surface area contributed by atoms with E-state index in [4.69, 9.17) is 4.74 Å². The van der Waals surface area contributed by atoms with Crippen molar-refractivity contribution in [3.63, 3.8) is 0 Å². The molecule has 0 aliphatic heterocycles. The Morgan fingerprint density at radius 2 is 1.58 bits per heavy atom. The molecule has 8 atom stereocenters. The Balaban J connectivity index is 1.24. The van der Waals surface area contributed by atoms with Crippen molar-refractivity contribution in [3.8, 4) is 0 Å². The second-order valence-corrected chi connectivity index (χ2v) is 20.8. The number of ketones is 1. The molecule has 1 amide bonds. The summed E-state index contributed by atoms with van der Waals surface area (Å²) in [5.74, 6) is 1.14. The van der Waals surface area contributed by atoms with Crippen molar-refractivity contribution < 1.29 is 29.0 Å². The Morgan fingerprint density at radius 1 is 0.909 bits per heavy atom. The van der Waals surface area contributed by atoms with Crippen LogP contribution in [0.25, 0.3) is 0 Å². The van der Waals surface area contributed by atoms with E-state index in [0.717, 1.165) is 69.9 Å². The number of amides is 1. The summed E-state index contributed by atoms with van der Waals surface area (Å²) in [6, 6.07) is 10.4. The minimum absolute atomic E-state index is 0.103. The van der Waals surface area contributed by atoms with E-state index in [1.54, 1.807) is 18.7 Å². The topological polar surface area (TPSA) is 104 Å². The normalized spacial score (nSPS) is 34.1. The van der Waals surface area contributed by atoms with Gasteiger partial charge < -0.3 is 14.7 Å². The number of fused-ring (bicyclic) bond motifs is 7. The molecule has 0 bridgehead atoms. The number of carboxylic acid groups (broad SMARTS) is 1. The first-order valence-electron chi connectivity index (χ1n) is 21.3. The first-order valence-corrected chi connectivity index (χ1v) is 21.3. The van der Waals surface area contributed by atoms with Gasteiger partial charge in [0.15, 0.2) is 5.78 Å². The molecule has 5 aliphatic carbocycles. The van der Waals surface area contributed by atoms with Crippen LogP contribution in [0.15, 0.2) is 41.5 Å². The van der Waals surface area contributed by atoms with Crippen molar-refractivity contribution in [3.05, 3.63) is 47.0 Å². The van der Waals surface area contributed by atoms with Gasteiger partial charge in [0, 0.05) is 37.9 Å². The van der Waals surface area contributed by atoms with Crippen LogP contribution in [0.5, 0.6) is 0 Å². The van der Waals surface area contributed by atoms with Gasteiger partial charge in [-0.25, -0.2) is 0 Å². The number of likely N-dealkylation sites (N-methyl/N-ethyl adjacent to an activating group) is 1. The summed E-state index contributed by atoms with van der Waals surface area (Å²) in [5.41, 5.74) is 2.55. The third-order valence-electron chi connectivity index (χ3n) is 16.1. The maximum Gasteiger partial charge on any atom is 0.309 e. The Kier molecular flexibility index (Phi) is 11.4. The third-order valence-corrected chi connectivity index (χ3v) is 16.1. The molecule has 4 fully saturated rings. The van der Waals surface area contributed by atoms with Gasteiger partial charge in [-0.15, -0.1) is 0 Å². The number of allylic oxidation sites excluding steroid dienone is 2. The van der Waals surface area contributed by atoms with Gasteiger partial charge >= 0.3 is 11.9 Å². The van der Waals surface area contributed by atoms with Gasteiger partial charge in [-0.2, -0.15) is 0 Å². The van der Waals surface area contributed by atoms with Gasteiger partial charge in [0.1, 0.15) is 6.10 Å². The number of carbonyl (C=O) groups is 4. The first-order chi connectivity index (χ1) is 25.7. The molecule has 0 radical (unpaired) electrons. The van der Waals surface area contributed by atoms with Crippen LogP contribution in [0, 0.1) is 56.7 Å². The predicted octanol–water partition coefficient (Wildman–Crippen LogP) is 8.97. The minimum Gasteiger partial charge on any atom is -0.481 e. The van der Waals surface area contributed by atoms with Crippen LogP contribution in [0.2, 0.25) is 0 Å². The van der Waals surface area contributed by atoms with E-state index in [-0.39, 0.29) is 46.0 Å². The summed E-state index contributed by atoms with van der Waals surface area (Å²) in [7, 11) is 3.65. The summed E-state index contributed by atoms with van der Waals surface area (Å²) in [6.45, 7) is 19.2. The highest BCUT2D eigenvalue weighted by Gasteiger charge is 2.66. The fourth-order valence-electron chi connectivity index (χ4n) is 13.3. The molecule has 304 valence electrons. The molecular weight excluding hydrogens is 689 g/mol. The molecule has 8 heteroatoms. The average Bonchev–Trinajstić information content (AvgIpc) is 3.41. The zero-order valence-electron chi connectivity index (χ0n) is 35.6. The van der Waals surface area contributed by atoms with Gasteiger partial charge in [-0.05, 0) is 130 Å². The predicted molar refractivity (Wildman–Crippen MR) is 216 cm³/mol. The van der Waals surface area contributed by atoms with Crippen molar-refractivity contribution in [2.75, 3.05) is 27.2 Å². The fourth-order valence-corrected chi connectivity index (χ4v) is 13.3. The lowest BCUT2D eigenvalue weighted by atomic mass is 9.36. The number of hydrogen-bond acceptors (Lipinski definition) is 6. The summed E-state index contributed by atoms with van der Waals surface area (Å²) >= 11 is 0. The lowest BCUT2D eigenvalue weighted by Gasteiger charge is -2.69. The zero-order valence-corrected chi connectivity index (χ0v) is 35.6. The van der Waals surface area contributed by atoms with Crippen LogP contribution >= 0.6 is 0 Å². The molecular formula is C47H70N2O6. The minimum atomic E-state index is -1.16. The second-order valence-electron chi connectivity index (χ2n) is 20.8. The molecule has 1 aromatic rings. The van der Waals surface area contributed by atoms with Crippen LogP contribution < -0.4 is 0 Å². The molecule has 55 heavy (non-hydrogen) atoms. The van der Waals surface area contributed by atoms with Gasteiger partial charge in [-0.1, -0.05) is 77.4 Å². The lowest BCUT2D eigenvalue weighted by Crippen LogP contribution is -2.63. The second kappa shape index (κ2) is 15.1. The highest BCUT2D eigenvalue weighted by molar-refractivity contribution is 6.00. The van der Waals surface area contributed by atoms with Crippen molar-refractivity contribution >= 4 is 23.6 Å². The maximum absolute atomic E-state index is 14.2. The number of ether oxygens (including phenoxy) is 1. The van der Waals surface area contributed by atoms with Gasteiger partial charge in [0.05, 0.1) is 18.4 Å². The third kappa shape index (κ3) is 7.47. The average molecular weight is 759 g/mol. The highest BCUT2D eigenvalue weighted by atomic mass is 16.5. The lowest BCUT2D eigenvalue weighted by molar-refractivity contribution is -0.214. The molecule has 0 saturated heterocycles. The molecule has 4 saturated carbocycles. The van der Waals surface area contributed by atoms with E-state index >= 15 is 0 Å². The molecule has 8 nitrogen and oxygen atoms in total. The molecule has 0 heterocycles. The van der Waals surface area contributed by atoms with Crippen LogP contribution in [-0.4, -0.2) is 71.8 Å². The molecule has 0 aromatic heterocycles. The van der Waals surface area contributed by atoms with E-state index < -0.39 is 17.4 Å². The SMILES string of the molecule is CC(C)C1=C2C3CCC4C(C)(CCC5C(C)(C)C(OC(=O)CC(C)(C)C(=O)O)CCC54C)C3CCC2(CCN(CC(=O)N(C)C)Cc2ccccc2)CC1=O. The monoisotopic (exact) mass is 759 g/mol. The highest BCUT2D eigenvalue weighted by Crippen LogP contribution is 2.73. The summed E-state index contributed by atoms with van der Waals surface area (Å²) < 4.78 is 6.18. The summed E-state index contributed by atoms with van der Waals surface area (Å²) in [4.78, 5) is 56.1. The van der Waals surface area contributed by atoms with Crippen LogP contribution in [-0.2, 0) is 30.5 Å². The molecule has 5 aliphatic rings. The molecule has 1 N–H and O–H groups in total. The van der Waals surface area contributed by atoms with Gasteiger partial charge in [0.2, 0.25) is 5.91 Å². The maximum atomic E-state index is 14.2. The van der Waals surface area contributed by atoms with Gasteiger partial charge in [0.25, 0.3) is 0 Å². The number of aliphatic carboxylic acids is 1. The standard InChI is InChI=1S/C47H70N2O6/c1-30(2)40-34(50)26-47(24-25-49(29-38(51)48(9)10)28-31-14-12-11-13-15-31)23-18-33-32(41(40)47)16-17-36-45(33,7)21-19-35-44(5,6)37(20-22-46(35,36)8)55-39(52)27-43(3,4)42(53)54/h11-15,30,32-33,35-37H,16-29H2,1-10H3,(H,53,54). The number of carboxylic acids is 1. The van der Waals surface area contributed by atoms with E-state index in [0.29, 0.717) is 49.0 Å². The van der Waals surface area contributed by atoms with Crippen LogP contribution in [0.3, 0.4) is 0 Å². The summed E-state index contributed by atoms with van der Waals surface area (Å²) in [5, 5.41) is 9.62. The molecule has 6 rings (SSSR count). The van der Waals surface area contributed by atoms with E-state index in [1.165, 1.54) is 11.1 Å². The number of Topliss-reactive ketones (excluding diaryl/α,β-unsaturated/α-hetero) is 1. The molecule has 1 aromatic carbocycles. The Morgan fingerprint density at radius 3 is 2.22 bits per heavy atom. The number of nitrogens with zero attached hydrogens (tertiary/aromatic N) is 2. The molecule has 0 spiro atoms. The van der Waals surface area contributed by atoms with Crippen molar-refractivity contribution in [1.29, 1.82) is 0 Å². The Labute approximate surface area is 331 Å². The largest absolute Gasteiger partial charge is 0.481 e. The zero-order chi connectivity index (χ0) is 40.3. The van der Waals surface area contributed by atoms with Crippen molar-refractivity contribution in [1.82, 2.24) is 9.80 Å². The van der Waals surface area contributed by atoms with Crippen LogP contribution in [0.4, 0.5) is 0 Å². The summed E-state index contributed by atoms with van der Waals surface area (Å²) in [6.07, 6.45) is 9.62. The van der Waals surface area contributed by atoms with Crippen LogP contribution in [0.1, 0.15) is 132 Å².